The Morgan fingerprint density at radius 2 is 1.74 bits per heavy atom. The summed E-state index contributed by atoms with van der Waals surface area (Å²) < 4.78 is 0. The van der Waals surface area contributed by atoms with E-state index in [-0.39, 0.29) is 18.0 Å². The van der Waals surface area contributed by atoms with E-state index < -0.39 is 0 Å². The van der Waals surface area contributed by atoms with Gasteiger partial charge >= 0.3 is 0 Å². The molecule has 0 saturated carbocycles. The molecule has 2 aromatic rings. The monoisotopic (exact) mass is 371 g/mol. The average Bonchev–Trinajstić information content (AvgIpc) is 2.49. The molecule has 0 aliphatic heterocycles. The van der Waals surface area contributed by atoms with Crippen molar-refractivity contribution in [2.75, 3.05) is 5.32 Å². The molecule has 0 aliphatic carbocycles. The highest BCUT2D eigenvalue weighted by Gasteiger charge is 2.21. The van der Waals surface area contributed by atoms with Crippen molar-refractivity contribution in [1.29, 1.82) is 0 Å². The quantitative estimate of drug-likeness (QED) is 0.807. The number of carbonyl (C=O) groups excluding carboxylic acids is 1. The van der Waals surface area contributed by atoms with Gasteiger partial charge in [0, 0.05) is 15.6 Å². The van der Waals surface area contributed by atoms with Crippen LogP contribution >= 0.6 is 34.8 Å². The van der Waals surface area contributed by atoms with Gasteiger partial charge in [-0.05, 0) is 44.2 Å². The second-order valence-electron chi connectivity index (χ2n) is 5.44. The molecule has 23 heavy (non-hydrogen) atoms. The van der Waals surface area contributed by atoms with E-state index >= 15 is 0 Å². The number of amides is 1. The first kappa shape index (κ1) is 18.1. The minimum absolute atomic E-state index is 0.107. The lowest BCUT2D eigenvalue weighted by Crippen LogP contribution is -2.91. The van der Waals surface area contributed by atoms with Gasteiger partial charge in [-0.15, -0.1) is 0 Å². The van der Waals surface area contributed by atoms with Crippen molar-refractivity contribution >= 4 is 46.4 Å². The lowest BCUT2D eigenvalue weighted by molar-refractivity contribution is -0.709. The highest BCUT2D eigenvalue weighted by molar-refractivity contribution is 6.36. The second-order valence-corrected chi connectivity index (χ2v) is 6.72. The summed E-state index contributed by atoms with van der Waals surface area (Å²) in [5.41, 5.74) is 1.62. The number of anilines is 1. The van der Waals surface area contributed by atoms with Gasteiger partial charge in [-0.25, -0.2) is 0 Å². The van der Waals surface area contributed by atoms with Crippen LogP contribution in [0.15, 0.2) is 42.5 Å². The molecular weight excluding hydrogens is 355 g/mol. The third-order valence-corrected chi connectivity index (χ3v) is 4.34. The Hall–Kier alpha value is -1.26. The molecule has 0 heterocycles. The third kappa shape index (κ3) is 5.11. The zero-order chi connectivity index (χ0) is 17.0. The molecule has 0 fully saturated rings. The van der Waals surface area contributed by atoms with Gasteiger partial charge in [0.2, 0.25) is 0 Å². The van der Waals surface area contributed by atoms with E-state index in [9.17, 15) is 4.79 Å². The van der Waals surface area contributed by atoms with Crippen LogP contribution in [0.5, 0.6) is 0 Å². The average molecular weight is 373 g/mol. The number of halogens is 3. The van der Waals surface area contributed by atoms with E-state index in [2.05, 4.69) is 5.32 Å². The van der Waals surface area contributed by atoms with Gasteiger partial charge in [0.25, 0.3) is 5.91 Å². The van der Waals surface area contributed by atoms with Crippen molar-refractivity contribution in [3.05, 3.63) is 63.1 Å². The zero-order valence-electron chi connectivity index (χ0n) is 12.8. The Morgan fingerprint density at radius 3 is 2.39 bits per heavy atom. The van der Waals surface area contributed by atoms with Gasteiger partial charge in [-0.3, -0.25) is 4.79 Å². The molecule has 122 valence electrons. The van der Waals surface area contributed by atoms with E-state index in [1.807, 2.05) is 43.4 Å². The van der Waals surface area contributed by atoms with Crippen LogP contribution < -0.4 is 10.6 Å². The molecule has 2 rings (SSSR count). The van der Waals surface area contributed by atoms with E-state index in [4.69, 9.17) is 34.8 Å². The molecular formula is C17H18Cl3N2O+. The first-order chi connectivity index (χ1) is 10.9. The molecule has 3 nitrogen and oxygen atoms in total. The highest BCUT2D eigenvalue weighted by atomic mass is 35.5. The van der Waals surface area contributed by atoms with Crippen molar-refractivity contribution in [2.24, 2.45) is 0 Å². The number of hydrogen-bond acceptors (Lipinski definition) is 1. The number of benzene rings is 2. The van der Waals surface area contributed by atoms with Crippen LogP contribution in [0.2, 0.25) is 15.1 Å². The highest BCUT2D eigenvalue weighted by Crippen LogP contribution is 2.25. The topological polar surface area (TPSA) is 45.7 Å². The minimum Gasteiger partial charge on any atom is -0.330 e. The molecule has 0 unspecified atom stereocenters. The number of nitrogens with two attached hydrogens (primary N) is 1. The van der Waals surface area contributed by atoms with Crippen LogP contribution in [0.1, 0.15) is 25.5 Å². The Kier molecular flexibility index (Phi) is 6.31. The van der Waals surface area contributed by atoms with Gasteiger partial charge in [0.1, 0.15) is 6.04 Å². The van der Waals surface area contributed by atoms with E-state index in [1.165, 1.54) is 0 Å². The summed E-state index contributed by atoms with van der Waals surface area (Å²) in [4.78, 5) is 12.3. The molecule has 3 N–H and O–H groups in total. The molecule has 0 aromatic heterocycles. The molecule has 0 spiro atoms. The lowest BCUT2D eigenvalue weighted by atomic mass is 10.1. The van der Waals surface area contributed by atoms with Gasteiger partial charge < -0.3 is 10.6 Å². The second kappa shape index (κ2) is 8.02. The maximum absolute atomic E-state index is 12.3. The van der Waals surface area contributed by atoms with E-state index in [0.717, 1.165) is 5.56 Å². The van der Waals surface area contributed by atoms with Crippen molar-refractivity contribution in [1.82, 2.24) is 0 Å². The Balaban J connectivity index is 1.99. The van der Waals surface area contributed by atoms with Crippen LogP contribution in [0, 0.1) is 0 Å². The van der Waals surface area contributed by atoms with Crippen molar-refractivity contribution in [2.45, 2.75) is 25.9 Å². The minimum atomic E-state index is -0.282. The summed E-state index contributed by atoms with van der Waals surface area (Å²) in [5, 5.41) is 6.43. The molecule has 6 heteroatoms. The van der Waals surface area contributed by atoms with E-state index in [1.54, 1.807) is 18.2 Å². The molecule has 0 saturated heterocycles. The van der Waals surface area contributed by atoms with Gasteiger partial charge in [0.15, 0.2) is 6.04 Å². The predicted octanol–water partition coefficient (Wildman–Crippen LogP) is 4.30. The summed E-state index contributed by atoms with van der Waals surface area (Å²) in [6.07, 6.45) is 0. The number of quaternary nitrogens is 1. The Bertz CT molecular complexity index is 706. The first-order valence-electron chi connectivity index (χ1n) is 7.23. The fourth-order valence-electron chi connectivity index (χ4n) is 2.26. The summed E-state index contributed by atoms with van der Waals surface area (Å²) in [7, 11) is 0. The van der Waals surface area contributed by atoms with Crippen LogP contribution in [-0.2, 0) is 4.79 Å². The van der Waals surface area contributed by atoms with E-state index in [0.29, 0.717) is 20.8 Å². The fraction of sp³-hybridized carbons (Fsp3) is 0.235. The van der Waals surface area contributed by atoms with Crippen LogP contribution in [0.4, 0.5) is 5.69 Å². The fourth-order valence-corrected chi connectivity index (χ4v) is 2.91. The Labute approximate surface area is 150 Å². The van der Waals surface area contributed by atoms with Crippen molar-refractivity contribution < 1.29 is 10.1 Å². The molecule has 0 aliphatic rings. The van der Waals surface area contributed by atoms with Crippen molar-refractivity contribution in [3.8, 4) is 0 Å². The molecule has 2 aromatic carbocycles. The maximum atomic E-state index is 12.3. The SMILES string of the molecule is C[C@H]([NH2+][C@H](C)C(=O)Nc1ccc(Cl)cc1Cl)c1cccc(Cl)c1. The zero-order valence-corrected chi connectivity index (χ0v) is 15.1. The molecule has 0 radical (unpaired) electrons. The standard InChI is InChI=1S/C17H17Cl3N2O/c1-10(12-4-3-5-13(18)8-12)21-11(2)17(23)22-16-7-6-14(19)9-15(16)20/h3-11,21H,1-2H3,(H,22,23)/p+1/t10-,11+/m0/s1. The number of hydrogen-bond donors (Lipinski definition) is 2. The summed E-state index contributed by atoms with van der Waals surface area (Å²) >= 11 is 17.9. The number of nitrogens with one attached hydrogen (secondary N) is 1. The summed E-state index contributed by atoms with van der Waals surface area (Å²) in [6, 6.07) is 12.4. The predicted molar refractivity (Wildman–Crippen MR) is 96.3 cm³/mol. The smallest absolute Gasteiger partial charge is 0.282 e. The third-order valence-electron chi connectivity index (χ3n) is 3.55. The summed E-state index contributed by atoms with van der Waals surface area (Å²) in [6.45, 7) is 3.88. The van der Waals surface area contributed by atoms with Crippen molar-refractivity contribution in [3.63, 3.8) is 0 Å². The number of rotatable bonds is 5. The number of carbonyl (C=O) groups is 1. The summed E-state index contributed by atoms with van der Waals surface area (Å²) in [5.74, 6) is -0.122. The van der Waals surface area contributed by atoms with Crippen LogP contribution in [0.25, 0.3) is 0 Å². The Morgan fingerprint density at radius 1 is 1.04 bits per heavy atom. The largest absolute Gasteiger partial charge is 0.330 e. The molecule has 0 bridgehead atoms. The van der Waals surface area contributed by atoms with Gasteiger partial charge in [-0.1, -0.05) is 46.9 Å². The van der Waals surface area contributed by atoms with Crippen LogP contribution in [0.3, 0.4) is 0 Å². The lowest BCUT2D eigenvalue weighted by Gasteiger charge is -2.17. The van der Waals surface area contributed by atoms with Gasteiger partial charge in [-0.2, -0.15) is 0 Å². The molecule has 2 atom stereocenters. The maximum Gasteiger partial charge on any atom is 0.282 e. The van der Waals surface area contributed by atoms with Crippen LogP contribution in [-0.4, -0.2) is 11.9 Å². The normalized spacial score (nSPS) is 13.4. The molecule has 1 amide bonds. The first-order valence-corrected chi connectivity index (χ1v) is 8.36. The van der Waals surface area contributed by atoms with Gasteiger partial charge in [0.05, 0.1) is 10.7 Å².